The molecule has 1 aliphatic carbocycles. The fourth-order valence-corrected chi connectivity index (χ4v) is 7.11. The van der Waals surface area contributed by atoms with Gasteiger partial charge < -0.3 is 24.7 Å². The van der Waals surface area contributed by atoms with E-state index in [2.05, 4.69) is 27.4 Å². The molecule has 4 fully saturated rings. The standard InChI is InChI=1S/C33H39F3N4O2S/c1-3-41-32-18-27(43-2)13-14-30(32)37-15-5-6-24-16-28-29(7-4-8-31(28)40(24)21-33(34,35)36)38-22-9-11-23(12-10-22)39-19-25-17-26(20-39)42-25/h4,7-8,13-14,16,18,22-23,25-26,37-38H,3,9-12,15,17,19-21H2,1-2H3. The lowest BCUT2D eigenvalue weighted by Crippen LogP contribution is -2.60. The summed E-state index contributed by atoms with van der Waals surface area (Å²) in [7, 11) is 0. The van der Waals surface area contributed by atoms with E-state index in [9.17, 15) is 13.2 Å². The third-order valence-electron chi connectivity index (χ3n) is 8.72. The van der Waals surface area contributed by atoms with E-state index in [1.54, 1.807) is 23.9 Å². The van der Waals surface area contributed by atoms with Crippen LogP contribution in [-0.2, 0) is 11.3 Å². The van der Waals surface area contributed by atoms with Crippen molar-refractivity contribution in [2.24, 2.45) is 0 Å². The number of ether oxygens (including phenoxy) is 2. The van der Waals surface area contributed by atoms with E-state index in [0.717, 1.165) is 66.2 Å². The third kappa shape index (κ3) is 7.05. The van der Waals surface area contributed by atoms with E-state index in [1.165, 1.54) is 11.0 Å². The average molecular weight is 613 g/mol. The molecule has 4 heterocycles. The number of nitrogens with zero attached hydrogens (tertiary/aromatic N) is 2. The first-order valence-electron chi connectivity index (χ1n) is 15.2. The molecule has 0 radical (unpaired) electrons. The summed E-state index contributed by atoms with van der Waals surface area (Å²) in [4.78, 5) is 3.69. The van der Waals surface area contributed by atoms with Crippen molar-refractivity contribution < 1.29 is 22.6 Å². The molecule has 0 spiro atoms. The summed E-state index contributed by atoms with van der Waals surface area (Å²) in [5.41, 5.74) is 2.55. The molecule has 1 aromatic heterocycles. The molecule has 230 valence electrons. The minimum absolute atomic E-state index is 0.269. The Morgan fingerprint density at radius 1 is 1.05 bits per heavy atom. The number of hydrogen-bond donors (Lipinski definition) is 2. The lowest BCUT2D eigenvalue weighted by molar-refractivity contribution is -0.189. The predicted molar refractivity (Wildman–Crippen MR) is 167 cm³/mol. The molecule has 1 saturated carbocycles. The number of benzene rings is 2. The van der Waals surface area contributed by atoms with Gasteiger partial charge in [0, 0.05) is 47.6 Å². The Bertz CT molecular complexity index is 1470. The van der Waals surface area contributed by atoms with Crippen LogP contribution in [0.4, 0.5) is 24.5 Å². The number of alkyl halides is 3. The van der Waals surface area contributed by atoms with Crippen molar-refractivity contribution in [1.29, 1.82) is 0 Å². The van der Waals surface area contributed by atoms with Crippen LogP contribution < -0.4 is 15.4 Å². The van der Waals surface area contributed by atoms with Gasteiger partial charge in [0.25, 0.3) is 0 Å². The second-order valence-corrected chi connectivity index (χ2v) is 12.5. The van der Waals surface area contributed by atoms with E-state index in [4.69, 9.17) is 9.47 Å². The maximum Gasteiger partial charge on any atom is 0.406 e. The number of morpholine rings is 1. The van der Waals surface area contributed by atoms with Gasteiger partial charge in [0.1, 0.15) is 12.3 Å². The molecule has 6 nitrogen and oxygen atoms in total. The fraction of sp³-hybridized carbons (Fsp3) is 0.515. The SMILES string of the molecule is CCOc1cc(SC)ccc1NCC#Cc1cc2c(NC3CCC(N4CC5CC(C4)O5)CC3)cccc2n1CC(F)(F)F. The summed E-state index contributed by atoms with van der Waals surface area (Å²) >= 11 is 1.63. The number of hydrogen-bond acceptors (Lipinski definition) is 6. The Hall–Kier alpha value is -3.00. The Morgan fingerprint density at radius 2 is 1.81 bits per heavy atom. The summed E-state index contributed by atoms with van der Waals surface area (Å²) in [6.07, 6.45) is 3.99. The molecule has 10 heteroatoms. The number of fused-ring (bicyclic) bond motifs is 3. The molecule has 2 bridgehead atoms. The fourth-order valence-electron chi connectivity index (χ4n) is 6.68. The van der Waals surface area contributed by atoms with Gasteiger partial charge in [-0.05, 0) is 81.2 Å². The van der Waals surface area contributed by atoms with Gasteiger partial charge >= 0.3 is 6.18 Å². The molecule has 3 aliphatic heterocycles. The highest BCUT2D eigenvalue weighted by Crippen LogP contribution is 2.35. The summed E-state index contributed by atoms with van der Waals surface area (Å²) < 4.78 is 53.9. The first-order chi connectivity index (χ1) is 20.8. The van der Waals surface area contributed by atoms with Gasteiger partial charge in [0.05, 0.1) is 42.3 Å². The maximum absolute atomic E-state index is 13.7. The molecular formula is C33H39F3N4O2S. The Balaban J connectivity index is 1.16. The van der Waals surface area contributed by atoms with Gasteiger partial charge in [-0.2, -0.15) is 13.2 Å². The molecule has 4 aliphatic rings. The van der Waals surface area contributed by atoms with Crippen LogP contribution in [0.2, 0.25) is 0 Å². The number of aromatic nitrogens is 1. The third-order valence-corrected chi connectivity index (χ3v) is 9.44. The largest absolute Gasteiger partial charge is 0.492 e. The highest BCUT2D eigenvalue weighted by Gasteiger charge is 2.41. The van der Waals surface area contributed by atoms with Crippen molar-refractivity contribution in [3.8, 4) is 17.6 Å². The predicted octanol–water partition coefficient (Wildman–Crippen LogP) is 6.98. The lowest BCUT2D eigenvalue weighted by Gasteiger charge is -2.50. The zero-order valence-electron chi connectivity index (χ0n) is 24.7. The Labute approximate surface area is 255 Å². The second kappa shape index (κ2) is 12.9. The lowest BCUT2D eigenvalue weighted by atomic mass is 9.87. The van der Waals surface area contributed by atoms with Gasteiger partial charge in [-0.15, -0.1) is 11.8 Å². The van der Waals surface area contributed by atoms with E-state index in [-0.39, 0.29) is 6.54 Å². The number of piperidine rings is 1. The van der Waals surface area contributed by atoms with Crippen LogP contribution in [0.1, 0.15) is 44.7 Å². The summed E-state index contributed by atoms with van der Waals surface area (Å²) in [5, 5.41) is 7.70. The van der Waals surface area contributed by atoms with Crippen LogP contribution in [0, 0.1) is 11.8 Å². The van der Waals surface area contributed by atoms with Crippen LogP contribution in [0.5, 0.6) is 5.75 Å². The molecule has 2 aromatic carbocycles. The number of rotatable bonds is 9. The summed E-state index contributed by atoms with van der Waals surface area (Å²) in [5.74, 6) is 6.78. The van der Waals surface area contributed by atoms with Gasteiger partial charge in [0.2, 0.25) is 0 Å². The monoisotopic (exact) mass is 612 g/mol. The number of anilines is 2. The first kappa shape index (κ1) is 30.0. The molecular weight excluding hydrogens is 573 g/mol. The topological polar surface area (TPSA) is 50.7 Å². The van der Waals surface area contributed by atoms with Gasteiger partial charge in [-0.3, -0.25) is 4.90 Å². The molecule has 2 unspecified atom stereocenters. The van der Waals surface area contributed by atoms with E-state index in [0.29, 0.717) is 42.1 Å². The minimum atomic E-state index is -4.37. The van der Waals surface area contributed by atoms with Crippen molar-refractivity contribution in [3.63, 3.8) is 0 Å². The average Bonchev–Trinajstić information content (AvgIpc) is 3.32. The summed E-state index contributed by atoms with van der Waals surface area (Å²) in [6, 6.07) is 14.1. The zero-order valence-corrected chi connectivity index (χ0v) is 25.5. The summed E-state index contributed by atoms with van der Waals surface area (Å²) in [6.45, 7) is 3.73. The van der Waals surface area contributed by atoms with Crippen LogP contribution in [0.15, 0.2) is 47.4 Å². The van der Waals surface area contributed by atoms with Gasteiger partial charge in [-0.1, -0.05) is 12.0 Å². The molecule has 2 N–H and O–H groups in total. The zero-order chi connectivity index (χ0) is 30.0. The van der Waals surface area contributed by atoms with Crippen molar-refractivity contribution >= 4 is 34.0 Å². The molecule has 3 aromatic rings. The van der Waals surface area contributed by atoms with E-state index >= 15 is 0 Å². The smallest absolute Gasteiger partial charge is 0.406 e. The van der Waals surface area contributed by atoms with Crippen LogP contribution in [0.3, 0.4) is 0 Å². The van der Waals surface area contributed by atoms with E-state index in [1.807, 2.05) is 43.5 Å². The van der Waals surface area contributed by atoms with Crippen LogP contribution in [0.25, 0.3) is 10.9 Å². The molecule has 7 rings (SSSR count). The normalized spacial score (nSPS) is 23.7. The Kier molecular flexibility index (Phi) is 9.03. The quantitative estimate of drug-likeness (QED) is 0.201. The maximum atomic E-state index is 13.7. The molecule has 2 atom stereocenters. The number of halogens is 3. The molecule has 3 saturated heterocycles. The van der Waals surface area contributed by atoms with Gasteiger partial charge in [-0.25, -0.2) is 0 Å². The highest BCUT2D eigenvalue weighted by atomic mass is 32.2. The second-order valence-electron chi connectivity index (χ2n) is 11.6. The van der Waals surface area contributed by atoms with E-state index < -0.39 is 12.7 Å². The van der Waals surface area contributed by atoms with Crippen LogP contribution in [-0.4, -0.2) is 72.4 Å². The molecule has 0 amide bonds. The van der Waals surface area contributed by atoms with Crippen molar-refractivity contribution in [3.05, 3.63) is 48.2 Å². The van der Waals surface area contributed by atoms with Crippen molar-refractivity contribution in [2.75, 3.05) is 43.1 Å². The number of thioether (sulfide) groups is 1. The highest BCUT2D eigenvalue weighted by molar-refractivity contribution is 7.98. The van der Waals surface area contributed by atoms with Crippen LogP contribution >= 0.6 is 11.8 Å². The molecule has 43 heavy (non-hydrogen) atoms. The van der Waals surface area contributed by atoms with Gasteiger partial charge in [0.15, 0.2) is 0 Å². The first-order valence-corrected chi connectivity index (χ1v) is 16.4. The number of nitrogens with one attached hydrogen (secondary N) is 2. The van der Waals surface area contributed by atoms with Crippen molar-refractivity contribution in [1.82, 2.24) is 9.47 Å². The van der Waals surface area contributed by atoms with Crippen molar-refractivity contribution in [2.45, 2.75) is 80.9 Å². The minimum Gasteiger partial charge on any atom is -0.492 e. The Morgan fingerprint density at radius 3 is 2.51 bits per heavy atom.